The Morgan fingerprint density at radius 2 is 1.76 bits per heavy atom. The Balaban J connectivity index is 2.11. The number of aryl methyl sites for hydroxylation is 1. The summed E-state index contributed by atoms with van der Waals surface area (Å²) < 4.78 is 77.1. The highest BCUT2D eigenvalue weighted by Crippen LogP contribution is 2.39. The maximum atomic E-state index is 13.7. The third kappa shape index (κ3) is 6.01. The molecular formula is C22H20F3N2O5S-. The van der Waals surface area contributed by atoms with Crippen molar-refractivity contribution >= 4 is 11.3 Å². The molecule has 3 rings (SSSR count). The van der Waals surface area contributed by atoms with Crippen molar-refractivity contribution in [1.82, 2.24) is 9.29 Å². The summed E-state index contributed by atoms with van der Waals surface area (Å²) in [5.74, 6) is -4.28. The van der Waals surface area contributed by atoms with E-state index in [1.54, 1.807) is 26.1 Å². The van der Waals surface area contributed by atoms with E-state index in [4.69, 9.17) is 9.47 Å². The number of aromatic nitrogens is 1. The third-order valence-electron chi connectivity index (χ3n) is 4.64. The van der Waals surface area contributed by atoms with Crippen LogP contribution in [-0.4, -0.2) is 26.5 Å². The monoisotopic (exact) mass is 481 g/mol. The predicted octanol–water partition coefficient (Wildman–Crippen LogP) is 3.59. The molecular weight excluding hydrogens is 461 g/mol. The molecule has 1 aromatic heterocycles. The smallest absolute Gasteiger partial charge is 0.254 e. The molecule has 1 unspecified atom stereocenters. The summed E-state index contributed by atoms with van der Waals surface area (Å²) in [5.41, 5.74) is 1.27. The number of hydrogen-bond acceptors (Lipinski definition) is 5. The number of hydrogen-bond donors (Lipinski definition) is 1. The molecule has 0 amide bonds. The van der Waals surface area contributed by atoms with Gasteiger partial charge in [-0.2, -0.15) is 0 Å². The van der Waals surface area contributed by atoms with Gasteiger partial charge in [-0.3, -0.25) is 9.00 Å². The number of benzene rings is 2. The van der Waals surface area contributed by atoms with Gasteiger partial charge in [0, 0.05) is 60.4 Å². The van der Waals surface area contributed by atoms with Gasteiger partial charge in [0.1, 0.15) is 17.2 Å². The SMILES string of the molecule is CCOc1cc(=O)n(C)cc1-c1cc(CCNS(=O)[O-])ccc1Oc1cc(F)c(F)c(F)c1. The number of rotatable bonds is 9. The highest BCUT2D eigenvalue weighted by molar-refractivity contribution is 7.77. The van der Waals surface area contributed by atoms with Crippen LogP contribution in [-0.2, 0) is 24.7 Å². The fraction of sp³-hybridized carbons (Fsp3) is 0.227. The number of halogens is 3. The second-order valence-electron chi connectivity index (χ2n) is 6.95. The molecule has 1 heterocycles. The van der Waals surface area contributed by atoms with Crippen LogP contribution in [0.2, 0.25) is 0 Å². The predicted molar refractivity (Wildman–Crippen MR) is 115 cm³/mol. The van der Waals surface area contributed by atoms with Crippen molar-refractivity contribution in [2.24, 2.45) is 7.05 Å². The van der Waals surface area contributed by atoms with Crippen LogP contribution in [0, 0.1) is 17.5 Å². The summed E-state index contributed by atoms with van der Waals surface area (Å²) in [6, 6.07) is 7.59. The Morgan fingerprint density at radius 1 is 1.06 bits per heavy atom. The van der Waals surface area contributed by atoms with Crippen molar-refractivity contribution in [3.05, 3.63) is 76.0 Å². The van der Waals surface area contributed by atoms with E-state index in [2.05, 4.69) is 4.72 Å². The zero-order valence-electron chi connectivity index (χ0n) is 17.7. The van der Waals surface area contributed by atoms with Crippen LogP contribution in [0.3, 0.4) is 0 Å². The van der Waals surface area contributed by atoms with E-state index in [1.807, 2.05) is 0 Å². The maximum absolute atomic E-state index is 13.7. The first-order chi connectivity index (χ1) is 15.7. The van der Waals surface area contributed by atoms with Gasteiger partial charge in [0.2, 0.25) is 0 Å². The summed E-state index contributed by atoms with van der Waals surface area (Å²) in [5, 5.41) is 0. The molecule has 1 atom stereocenters. The quantitative estimate of drug-likeness (QED) is 0.373. The van der Waals surface area contributed by atoms with Crippen LogP contribution in [0.15, 0.2) is 47.4 Å². The summed E-state index contributed by atoms with van der Waals surface area (Å²) in [7, 11) is 1.55. The molecule has 0 bridgehead atoms. The highest BCUT2D eigenvalue weighted by atomic mass is 32.2. The van der Waals surface area contributed by atoms with Gasteiger partial charge in [-0.15, -0.1) is 0 Å². The van der Waals surface area contributed by atoms with Crippen molar-refractivity contribution < 1.29 is 31.4 Å². The summed E-state index contributed by atoms with van der Waals surface area (Å²) in [6.07, 6.45) is 1.85. The fourth-order valence-corrected chi connectivity index (χ4v) is 3.39. The molecule has 0 fully saturated rings. The second kappa shape index (κ2) is 10.6. The van der Waals surface area contributed by atoms with E-state index < -0.39 is 28.7 Å². The number of pyridine rings is 1. The van der Waals surface area contributed by atoms with Crippen LogP contribution in [0.25, 0.3) is 11.1 Å². The number of nitrogens with zero attached hydrogens (tertiary/aromatic N) is 1. The average molecular weight is 481 g/mol. The van der Waals surface area contributed by atoms with Crippen molar-refractivity contribution in [3.63, 3.8) is 0 Å². The van der Waals surface area contributed by atoms with Crippen LogP contribution in [0.1, 0.15) is 12.5 Å². The second-order valence-corrected chi connectivity index (χ2v) is 7.70. The van der Waals surface area contributed by atoms with E-state index in [1.165, 1.54) is 22.9 Å². The molecule has 3 aromatic rings. The Hall–Kier alpha value is -3.15. The first-order valence-corrected chi connectivity index (χ1v) is 10.9. The van der Waals surface area contributed by atoms with E-state index in [9.17, 15) is 26.7 Å². The van der Waals surface area contributed by atoms with Crippen molar-refractivity contribution in [3.8, 4) is 28.4 Å². The Kier molecular flexibility index (Phi) is 7.90. The number of ether oxygens (including phenoxy) is 2. The van der Waals surface area contributed by atoms with Crippen LogP contribution in [0.5, 0.6) is 17.2 Å². The molecule has 11 heteroatoms. The van der Waals surface area contributed by atoms with Gasteiger partial charge in [-0.1, -0.05) is 6.07 Å². The Bertz CT molecular complexity index is 1230. The standard InChI is InChI=1S/C22H21F3N2O5S/c1-3-31-20-11-21(28)27(2)12-16(20)15-8-13(6-7-26-33(29)30)4-5-19(15)32-14-9-17(23)22(25)18(24)10-14/h4-5,8-12,26H,3,6-7H2,1-2H3,(H,29,30)/p-1. The van der Waals surface area contributed by atoms with Gasteiger partial charge in [-0.05, 0) is 31.0 Å². The zero-order valence-corrected chi connectivity index (χ0v) is 18.5. The molecule has 0 aliphatic heterocycles. The first kappa shape index (κ1) is 24.5. The van der Waals surface area contributed by atoms with Gasteiger partial charge < -0.3 is 18.6 Å². The summed E-state index contributed by atoms with van der Waals surface area (Å²) >= 11 is -2.41. The number of nitrogens with one attached hydrogen (secondary N) is 1. The van der Waals surface area contributed by atoms with Gasteiger partial charge in [0.05, 0.1) is 6.61 Å². The molecule has 33 heavy (non-hydrogen) atoms. The van der Waals surface area contributed by atoms with Crippen LogP contribution >= 0.6 is 0 Å². The highest BCUT2D eigenvalue weighted by Gasteiger charge is 2.18. The van der Waals surface area contributed by atoms with Gasteiger partial charge in [0.25, 0.3) is 5.56 Å². The molecule has 0 saturated carbocycles. The minimum atomic E-state index is -2.41. The molecule has 7 nitrogen and oxygen atoms in total. The molecule has 2 aromatic carbocycles. The molecule has 0 aliphatic carbocycles. The van der Waals surface area contributed by atoms with Crippen molar-refractivity contribution in [1.29, 1.82) is 0 Å². The molecule has 0 radical (unpaired) electrons. The molecule has 176 valence electrons. The Morgan fingerprint density at radius 3 is 2.39 bits per heavy atom. The van der Waals surface area contributed by atoms with Gasteiger partial charge in [-0.25, -0.2) is 17.9 Å². The van der Waals surface area contributed by atoms with E-state index in [0.717, 1.165) is 0 Å². The lowest BCUT2D eigenvalue weighted by atomic mass is 10.0. The fourth-order valence-electron chi connectivity index (χ4n) is 3.12. The van der Waals surface area contributed by atoms with Crippen LogP contribution in [0.4, 0.5) is 13.2 Å². The Labute approximate surface area is 190 Å². The topological polar surface area (TPSA) is 92.6 Å². The minimum Gasteiger partial charge on any atom is -0.760 e. The third-order valence-corrected chi connectivity index (χ3v) is 5.08. The van der Waals surface area contributed by atoms with E-state index in [-0.39, 0.29) is 36.0 Å². The van der Waals surface area contributed by atoms with E-state index in [0.29, 0.717) is 35.2 Å². The van der Waals surface area contributed by atoms with Crippen LogP contribution < -0.4 is 19.8 Å². The van der Waals surface area contributed by atoms with Crippen molar-refractivity contribution in [2.75, 3.05) is 13.2 Å². The molecule has 0 spiro atoms. The van der Waals surface area contributed by atoms with Gasteiger partial charge in [0.15, 0.2) is 17.5 Å². The van der Waals surface area contributed by atoms with E-state index >= 15 is 0 Å². The normalized spacial score (nSPS) is 11.9. The lowest BCUT2D eigenvalue weighted by Crippen LogP contribution is -2.19. The summed E-state index contributed by atoms with van der Waals surface area (Å²) in [4.78, 5) is 12.1. The largest absolute Gasteiger partial charge is 0.760 e. The maximum Gasteiger partial charge on any atom is 0.254 e. The lowest BCUT2D eigenvalue weighted by Gasteiger charge is -2.17. The zero-order chi connectivity index (χ0) is 24.1. The molecule has 0 saturated heterocycles. The molecule has 1 N–H and O–H groups in total. The minimum absolute atomic E-state index is 0.135. The molecule has 0 aliphatic rings. The van der Waals surface area contributed by atoms with Crippen molar-refractivity contribution in [2.45, 2.75) is 13.3 Å². The lowest BCUT2D eigenvalue weighted by molar-refractivity contribution is 0.340. The first-order valence-electron chi connectivity index (χ1n) is 9.81. The summed E-state index contributed by atoms with van der Waals surface area (Å²) in [6.45, 7) is 2.15. The average Bonchev–Trinajstić information content (AvgIpc) is 2.75. The van der Waals surface area contributed by atoms with Gasteiger partial charge >= 0.3 is 0 Å².